The van der Waals surface area contributed by atoms with Gasteiger partial charge in [-0.2, -0.15) is 0 Å². The van der Waals surface area contributed by atoms with E-state index >= 15 is 0 Å². The van der Waals surface area contributed by atoms with Crippen molar-refractivity contribution < 1.29 is 24.5 Å². The average Bonchev–Trinajstić information content (AvgIpc) is 3.32. The molecule has 0 saturated heterocycles. The van der Waals surface area contributed by atoms with E-state index in [2.05, 4.69) is 74.7 Å². The smallest absolute Gasteiger partial charge is 0.306 e. The number of aliphatic hydroxyl groups is 2. The first-order chi connectivity index (χ1) is 33.0. The summed E-state index contributed by atoms with van der Waals surface area (Å²) < 4.78 is 5.94. The lowest BCUT2D eigenvalue weighted by atomic mass is 10.0. The Morgan fingerprint density at radius 1 is 0.433 bits per heavy atom. The normalized spacial score (nSPS) is 13.4. The van der Waals surface area contributed by atoms with E-state index in [4.69, 9.17) is 4.74 Å². The Morgan fingerprint density at radius 3 is 1.12 bits per heavy atom. The molecule has 0 heterocycles. The minimum Gasteiger partial charge on any atom is -0.462 e. The molecule has 3 N–H and O–H groups in total. The predicted octanol–water partition coefficient (Wildman–Crippen LogP) is 18.2. The largest absolute Gasteiger partial charge is 0.462 e. The van der Waals surface area contributed by atoms with Crippen LogP contribution in [0.2, 0.25) is 0 Å². The molecule has 67 heavy (non-hydrogen) atoms. The second-order valence-electron chi connectivity index (χ2n) is 20.1. The van der Waals surface area contributed by atoms with Crippen LogP contribution < -0.4 is 5.32 Å². The first-order valence-electron chi connectivity index (χ1n) is 29.4. The maximum absolute atomic E-state index is 13.3. The number of nitrogens with one attached hydrogen (secondary N) is 1. The lowest BCUT2D eigenvalue weighted by molar-refractivity contribution is -0.151. The number of rotatable bonds is 53. The highest BCUT2D eigenvalue weighted by Crippen LogP contribution is 2.18. The fourth-order valence-electron chi connectivity index (χ4n) is 8.94. The van der Waals surface area contributed by atoms with E-state index < -0.39 is 18.2 Å². The number of aliphatic hydroxyl groups excluding tert-OH is 2. The summed E-state index contributed by atoms with van der Waals surface area (Å²) in [5.74, 6) is -0.521. The standard InChI is InChI=1S/C61H113NO5/c1-4-7-10-13-16-19-22-25-28-31-34-37-40-43-46-49-52-57(67-61(66)54-51-48-45-42-39-36-33-30-27-24-21-18-15-12-9-6-3)55-60(65)62-58(56-63)59(64)53-50-47-44-41-38-35-32-29-26-23-20-17-14-11-8-5-2/h28,30-31,33-34,36-37,39,57-59,63-64H,4-27,29,32,35,38,40-56H2,1-3H3,(H,62,65)/b31-28+,33-30+,37-34+,39-36+. The molecule has 392 valence electrons. The zero-order valence-electron chi connectivity index (χ0n) is 44.8. The topological polar surface area (TPSA) is 95.9 Å². The maximum atomic E-state index is 13.3. The van der Waals surface area contributed by atoms with Gasteiger partial charge < -0.3 is 20.3 Å². The zero-order chi connectivity index (χ0) is 48.8. The molecule has 0 rings (SSSR count). The molecule has 3 unspecified atom stereocenters. The average molecular weight is 941 g/mol. The van der Waals surface area contributed by atoms with Crippen molar-refractivity contribution in [3.05, 3.63) is 48.6 Å². The third-order valence-electron chi connectivity index (χ3n) is 13.4. The van der Waals surface area contributed by atoms with Gasteiger partial charge in [0.05, 0.1) is 25.2 Å². The van der Waals surface area contributed by atoms with Crippen LogP contribution in [0.15, 0.2) is 48.6 Å². The summed E-state index contributed by atoms with van der Waals surface area (Å²) in [6, 6.07) is -0.716. The van der Waals surface area contributed by atoms with Crippen molar-refractivity contribution in [1.29, 1.82) is 0 Å². The molecule has 0 radical (unpaired) electrons. The molecule has 0 aromatic heterocycles. The Bertz CT molecular complexity index is 1150. The summed E-state index contributed by atoms with van der Waals surface area (Å²) in [5.41, 5.74) is 0. The number of amides is 1. The highest BCUT2D eigenvalue weighted by atomic mass is 16.5. The lowest BCUT2D eigenvalue weighted by Crippen LogP contribution is -2.46. The lowest BCUT2D eigenvalue weighted by Gasteiger charge is -2.24. The number of hydrogen-bond donors (Lipinski definition) is 3. The number of unbranched alkanes of at least 4 members (excludes halogenated alkanes) is 35. The molecule has 0 aromatic rings. The molecule has 1 amide bonds. The number of carbonyl (C=O) groups excluding carboxylic acids is 2. The third kappa shape index (κ3) is 50.0. The van der Waals surface area contributed by atoms with Gasteiger partial charge in [-0.25, -0.2) is 0 Å². The minimum absolute atomic E-state index is 0.0503. The van der Waals surface area contributed by atoms with Gasteiger partial charge in [0.15, 0.2) is 0 Å². The zero-order valence-corrected chi connectivity index (χ0v) is 44.8. The van der Waals surface area contributed by atoms with Crippen LogP contribution in [0.5, 0.6) is 0 Å². The summed E-state index contributed by atoms with van der Waals surface area (Å²) in [7, 11) is 0. The number of hydrogen-bond acceptors (Lipinski definition) is 5. The second kappa shape index (κ2) is 54.8. The summed E-state index contributed by atoms with van der Waals surface area (Å²) >= 11 is 0. The van der Waals surface area contributed by atoms with E-state index in [1.165, 1.54) is 173 Å². The van der Waals surface area contributed by atoms with Gasteiger partial charge in [0.1, 0.15) is 6.10 Å². The number of esters is 1. The highest BCUT2D eigenvalue weighted by Gasteiger charge is 2.24. The van der Waals surface area contributed by atoms with Crippen LogP contribution in [0.3, 0.4) is 0 Å². The molecule has 0 saturated carbocycles. The van der Waals surface area contributed by atoms with Crippen molar-refractivity contribution in [3.63, 3.8) is 0 Å². The van der Waals surface area contributed by atoms with Crippen LogP contribution in [0.25, 0.3) is 0 Å². The number of ether oxygens (including phenoxy) is 1. The SMILES string of the molecule is CCCCCCCCC/C=C/C=C/CCCCCC(=O)OC(CCCCC/C=C/C=C/CCCCCCCCC)CC(=O)NC(CO)C(O)CCCCCCCCCCCCCCCCCC. The Balaban J connectivity index is 4.62. The van der Waals surface area contributed by atoms with Crippen LogP contribution >= 0.6 is 0 Å². The molecular formula is C61H113NO5. The molecule has 0 aromatic carbocycles. The van der Waals surface area contributed by atoms with Gasteiger partial charge in [-0.1, -0.05) is 262 Å². The van der Waals surface area contributed by atoms with E-state index in [1.54, 1.807) is 0 Å². The van der Waals surface area contributed by atoms with E-state index in [0.29, 0.717) is 19.3 Å². The number of carbonyl (C=O) groups is 2. The van der Waals surface area contributed by atoms with E-state index in [1.807, 2.05) is 0 Å². The molecule has 0 spiro atoms. The van der Waals surface area contributed by atoms with Gasteiger partial charge in [-0.3, -0.25) is 9.59 Å². The summed E-state index contributed by atoms with van der Waals surface area (Å²) in [6.45, 7) is 6.49. The van der Waals surface area contributed by atoms with Gasteiger partial charge in [0.25, 0.3) is 0 Å². The fraction of sp³-hybridized carbons (Fsp3) is 0.836. The molecule has 0 aliphatic rings. The molecule has 6 heteroatoms. The minimum atomic E-state index is -0.800. The van der Waals surface area contributed by atoms with Crippen molar-refractivity contribution in [2.75, 3.05) is 6.61 Å². The van der Waals surface area contributed by atoms with Crippen LogP contribution in [0.1, 0.15) is 303 Å². The molecule has 0 bridgehead atoms. The Kier molecular flexibility index (Phi) is 53.0. The van der Waals surface area contributed by atoms with E-state index in [9.17, 15) is 19.8 Å². The summed E-state index contributed by atoms with van der Waals surface area (Å²) in [5, 5.41) is 23.9. The monoisotopic (exact) mass is 940 g/mol. The first kappa shape index (κ1) is 64.8. The van der Waals surface area contributed by atoms with Gasteiger partial charge in [-0.05, 0) is 77.0 Å². The van der Waals surface area contributed by atoms with Crippen LogP contribution in [-0.2, 0) is 14.3 Å². The van der Waals surface area contributed by atoms with Crippen molar-refractivity contribution >= 4 is 11.9 Å². The van der Waals surface area contributed by atoms with Crippen LogP contribution in [-0.4, -0.2) is 46.9 Å². The van der Waals surface area contributed by atoms with Gasteiger partial charge in [0, 0.05) is 6.42 Å². The highest BCUT2D eigenvalue weighted by molar-refractivity contribution is 5.77. The second-order valence-corrected chi connectivity index (χ2v) is 20.1. The maximum Gasteiger partial charge on any atom is 0.306 e. The molecule has 3 atom stereocenters. The molecule has 0 aliphatic heterocycles. The molecule has 0 fully saturated rings. The third-order valence-corrected chi connectivity index (χ3v) is 13.4. The van der Waals surface area contributed by atoms with Gasteiger partial charge >= 0.3 is 5.97 Å². The van der Waals surface area contributed by atoms with Gasteiger partial charge in [0.2, 0.25) is 5.91 Å². The quantitative estimate of drug-likeness (QED) is 0.0321. The van der Waals surface area contributed by atoms with E-state index in [0.717, 1.165) is 83.5 Å². The Morgan fingerprint density at radius 2 is 0.746 bits per heavy atom. The molecule has 6 nitrogen and oxygen atoms in total. The van der Waals surface area contributed by atoms with Crippen molar-refractivity contribution in [3.8, 4) is 0 Å². The predicted molar refractivity (Wildman–Crippen MR) is 292 cm³/mol. The van der Waals surface area contributed by atoms with Crippen LogP contribution in [0, 0.1) is 0 Å². The Labute approximate surface area is 416 Å². The summed E-state index contributed by atoms with van der Waals surface area (Å²) in [4.78, 5) is 26.3. The number of allylic oxidation sites excluding steroid dienone is 8. The summed E-state index contributed by atoms with van der Waals surface area (Å²) in [6.07, 6.45) is 67.5. The first-order valence-corrected chi connectivity index (χ1v) is 29.4. The molecule has 0 aliphatic carbocycles. The van der Waals surface area contributed by atoms with Crippen molar-refractivity contribution in [1.82, 2.24) is 5.32 Å². The van der Waals surface area contributed by atoms with Crippen LogP contribution in [0.4, 0.5) is 0 Å². The Hall–Kier alpha value is -2.18. The molecular weight excluding hydrogens is 827 g/mol. The van der Waals surface area contributed by atoms with Crippen molar-refractivity contribution in [2.45, 2.75) is 322 Å². The van der Waals surface area contributed by atoms with Crippen molar-refractivity contribution in [2.24, 2.45) is 0 Å². The fourth-order valence-corrected chi connectivity index (χ4v) is 8.94. The van der Waals surface area contributed by atoms with E-state index in [-0.39, 0.29) is 24.9 Å². The van der Waals surface area contributed by atoms with Gasteiger partial charge in [-0.15, -0.1) is 0 Å².